The molecular formula is C11H2FeO-8. The largest absolute Gasteiger partial charge is 2.00 e. The predicted molar refractivity (Wildman–Crippen MR) is 40.1 cm³/mol. The molecule has 0 amide bonds. The number of rotatable bonds is 1. The molecule has 0 atom stereocenters. The summed E-state index contributed by atoms with van der Waals surface area (Å²) >= 11 is 0. The number of hydrogen-bond donors (Lipinski definition) is 0. The SMILES string of the molecule is O=C[c-]1[c-][c-][c-][c-]1.[Fe+2].[c-]1[c-][c-][cH-][c-]1. The van der Waals surface area contributed by atoms with Crippen molar-refractivity contribution < 1.29 is 21.9 Å². The summed E-state index contributed by atoms with van der Waals surface area (Å²) in [6.07, 6.45) is 0.660. The van der Waals surface area contributed by atoms with Gasteiger partial charge in [0.2, 0.25) is 0 Å². The van der Waals surface area contributed by atoms with Crippen LogP contribution in [0.3, 0.4) is 0 Å². The monoisotopic (exact) mass is 206 g/mol. The van der Waals surface area contributed by atoms with E-state index < -0.39 is 0 Å². The molecule has 2 rings (SSSR count). The fourth-order valence-corrected chi connectivity index (χ4v) is 0.468. The van der Waals surface area contributed by atoms with Gasteiger partial charge in [0.15, 0.2) is 0 Å². The Labute approximate surface area is 88.6 Å². The molecule has 0 radical (unpaired) electrons. The van der Waals surface area contributed by atoms with E-state index in [1.54, 1.807) is 6.07 Å². The normalized spacial score (nSPS) is 7.69. The van der Waals surface area contributed by atoms with Crippen molar-refractivity contribution in [3.05, 3.63) is 60.2 Å². The van der Waals surface area contributed by atoms with Gasteiger partial charge in [-0.2, -0.15) is 0 Å². The quantitative estimate of drug-likeness (QED) is 0.386. The van der Waals surface area contributed by atoms with Gasteiger partial charge in [-0.15, -0.1) is 0 Å². The molecule has 0 heterocycles. The molecule has 0 saturated heterocycles. The summed E-state index contributed by atoms with van der Waals surface area (Å²) in [4.78, 5) is 9.77. The molecule has 2 aromatic rings. The average molecular weight is 206 g/mol. The zero-order valence-electron chi connectivity index (χ0n) is 6.42. The van der Waals surface area contributed by atoms with Gasteiger partial charge in [0, 0.05) is 0 Å². The van der Waals surface area contributed by atoms with Crippen molar-refractivity contribution in [2.45, 2.75) is 0 Å². The van der Waals surface area contributed by atoms with Gasteiger partial charge in [0.05, 0.1) is 0 Å². The number of carbonyl (C=O) groups is 1. The molecule has 0 unspecified atom stereocenters. The van der Waals surface area contributed by atoms with Crippen molar-refractivity contribution in [1.29, 1.82) is 0 Å². The molecule has 0 spiro atoms. The second kappa shape index (κ2) is 7.53. The molecule has 0 aliphatic heterocycles. The predicted octanol–water partition coefficient (Wildman–Crippen LogP) is 1.02. The molecule has 68 valence electrons. The van der Waals surface area contributed by atoms with Gasteiger partial charge >= 0.3 is 17.1 Å². The third kappa shape index (κ3) is 5.18. The van der Waals surface area contributed by atoms with Crippen LogP contribution in [0.4, 0.5) is 0 Å². The summed E-state index contributed by atoms with van der Waals surface area (Å²) in [5.41, 5.74) is 0.389. The van der Waals surface area contributed by atoms with Gasteiger partial charge in [0.1, 0.15) is 0 Å². The van der Waals surface area contributed by atoms with Gasteiger partial charge < -0.3 is 65.0 Å². The summed E-state index contributed by atoms with van der Waals surface area (Å²) in [6.45, 7) is 0. The summed E-state index contributed by atoms with van der Waals surface area (Å²) < 4.78 is 0. The van der Waals surface area contributed by atoms with Gasteiger partial charge in [-0.1, -0.05) is 0 Å². The maximum Gasteiger partial charge on any atom is 2.00 e. The summed E-state index contributed by atoms with van der Waals surface area (Å²) in [5.74, 6) is 0. The molecule has 2 aromatic carbocycles. The van der Waals surface area contributed by atoms with Crippen molar-refractivity contribution in [1.82, 2.24) is 0 Å². The number of carbonyl (C=O) groups excluding carboxylic acids is 1. The Morgan fingerprint density at radius 3 is 1.77 bits per heavy atom. The molecule has 0 aromatic heterocycles. The van der Waals surface area contributed by atoms with Crippen LogP contribution in [0.2, 0.25) is 0 Å². The van der Waals surface area contributed by atoms with E-state index in [9.17, 15) is 4.79 Å². The first-order valence-electron chi connectivity index (χ1n) is 3.10. The van der Waals surface area contributed by atoms with Crippen molar-refractivity contribution in [3.8, 4) is 0 Å². The molecule has 0 bridgehead atoms. The van der Waals surface area contributed by atoms with Crippen LogP contribution in [0, 0.1) is 48.5 Å². The fraction of sp³-hybridized carbons (Fsp3) is 0. The molecule has 0 N–H and O–H groups in total. The van der Waals surface area contributed by atoms with Crippen LogP contribution >= 0.6 is 0 Å². The van der Waals surface area contributed by atoms with Gasteiger partial charge in [-0.05, 0) is 0 Å². The van der Waals surface area contributed by atoms with E-state index in [4.69, 9.17) is 0 Å². The van der Waals surface area contributed by atoms with E-state index in [2.05, 4.69) is 48.5 Å². The van der Waals surface area contributed by atoms with Crippen LogP contribution < -0.4 is 0 Å². The van der Waals surface area contributed by atoms with Crippen LogP contribution in [-0.2, 0) is 17.1 Å². The first-order chi connectivity index (χ1) is 5.93. The van der Waals surface area contributed by atoms with E-state index in [1.807, 2.05) is 0 Å². The van der Waals surface area contributed by atoms with Crippen molar-refractivity contribution >= 4 is 6.29 Å². The van der Waals surface area contributed by atoms with Crippen molar-refractivity contribution in [2.24, 2.45) is 0 Å². The molecule has 2 heteroatoms. The van der Waals surface area contributed by atoms with E-state index >= 15 is 0 Å². The summed E-state index contributed by atoms with van der Waals surface area (Å²) in [7, 11) is 0. The van der Waals surface area contributed by atoms with Gasteiger partial charge in [-0.25, -0.2) is 0 Å². The van der Waals surface area contributed by atoms with E-state index in [-0.39, 0.29) is 17.1 Å². The molecular weight excluding hydrogens is 204 g/mol. The maximum absolute atomic E-state index is 9.77. The Balaban J connectivity index is 0.000000215. The van der Waals surface area contributed by atoms with Crippen LogP contribution in [-0.4, -0.2) is 6.29 Å². The fourth-order valence-electron chi connectivity index (χ4n) is 0.468. The smallest absolute Gasteiger partial charge is 0.999 e. The molecule has 0 saturated carbocycles. The number of hydrogen-bond acceptors (Lipinski definition) is 1. The molecule has 1 nitrogen and oxygen atoms in total. The molecule has 0 aliphatic carbocycles. The van der Waals surface area contributed by atoms with Crippen molar-refractivity contribution in [3.63, 3.8) is 0 Å². The minimum atomic E-state index is 0. The van der Waals surface area contributed by atoms with Crippen LogP contribution in [0.15, 0.2) is 6.07 Å². The average Bonchev–Trinajstić information content (AvgIpc) is 2.81. The third-order valence-electron chi connectivity index (χ3n) is 0.926. The Morgan fingerprint density at radius 2 is 1.54 bits per heavy atom. The van der Waals surface area contributed by atoms with Crippen LogP contribution in [0.25, 0.3) is 0 Å². The van der Waals surface area contributed by atoms with E-state index in [0.29, 0.717) is 11.8 Å². The second-order valence-corrected chi connectivity index (χ2v) is 1.71. The number of aldehydes is 1. The summed E-state index contributed by atoms with van der Waals surface area (Å²) in [6, 6.07) is 21.9. The van der Waals surface area contributed by atoms with Gasteiger partial charge in [0.25, 0.3) is 0 Å². The minimum Gasteiger partial charge on any atom is -0.999 e. The first kappa shape index (κ1) is 11.9. The molecule has 0 aliphatic rings. The molecule has 0 fully saturated rings. The van der Waals surface area contributed by atoms with Gasteiger partial charge in [-0.3, -0.25) is 6.29 Å². The minimum absolute atomic E-state index is 0. The topological polar surface area (TPSA) is 17.1 Å². The first-order valence-corrected chi connectivity index (χ1v) is 3.10. The Hall–Kier alpha value is -1.11. The zero-order valence-corrected chi connectivity index (χ0v) is 7.52. The second-order valence-electron chi connectivity index (χ2n) is 1.71. The zero-order chi connectivity index (χ0) is 8.65. The third-order valence-corrected chi connectivity index (χ3v) is 0.926. The standard InChI is InChI=1S/C6HO.C5H.Fe/c7-5-6-3-1-2-4-6;1-2-4-5-3-1;/h5H;1H;/q2*-5;+2. The molecule has 13 heavy (non-hydrogen) atoms. The Kier molecular flexibility index (Phi) is 6.89. The van der Waals surface area contributed by atoms with Crippen molar-refractivity contribution in [2.75, 3.05) is 0 Å². The summed E-state index contributed by atoms with van der Waals surface area (Å²) in [5, 5.41) is 0. The van der Waals surface area contributed by atoms with E-state index in [1.165, 1.54) is 0 Å². The Morgan fingerprint density at radius 1 is 1.00 bits per heavy atom. The van der Waals surface area contributed by atoms with Crippen LogP contribution in [0.5, 0.6) is 0 Å². The van der Waals surface area contributed by atoms with E-state index in [0.717, 1.165) is 0 Å². The van der Waals surface area contributed by atoms with Crippen LogP contribution in [0.1, 0.15) is 10.4 Å². The maximum atomic E-state index is 9.77. The Bertz CT molecular complexity index is 265.